The number of rotatable bonds is 7. The lowest BCUT2D eigenvalue weighted by molar-refractivity contribution is -0.113. The van der Waals surface area contributed by atoms with Gasteiger partial charge in [0.2, 0.25) is 0 Å². The minimum atomic E-state index is 0.0718. The van der Waals surface area contributed by atoms with Crippen molar-refractivity contribution in [3.63, 3.8) is 0 Å². The lowest BCUT2D eigenvalue weighted by atomic mass is 9.96. The van der Waals surface area contributed by atoms with Gasteiger partial charge in [-0.3, -0.25) is 15.6 Å². The van der Waals surface area contributed by atoms with Crippen molar-refractivity contribution in [2.75, 3.05) is 0 Å². The molecule has 2 N–H and O–H groups in total. The lowest BCUT2D eigenvalue weighted by Gasteiger charge is -2.34. The Labute approximate surface area is 134 Å². The maximum Gasteiger partial charge on any atom is 0.155 e. The average molecular weight is 303 g/mol. The maximum atomic E-state index is 11.6. The van der Waals surface area contributed by atoms with Crippen LogP contribution in [0.2, 0.25) is 0 Å². The quantitative estimate of drug-likeness (QED) is 0.447. The summed E-state index contributed by atoms with van der Waals surface area (Å²) in [4.78, 5) is 16.5. The zero-order valence-electron chi connectivity index (χ0n) is 14.2. The molecule has 0 aromatic carbocycles. The van der Waals surface area contributed by atoms with E-state index in [0.717, 1.165) is 12.0 Å². The molecular weight excluding hydrogens is 274 g/mol. The number of carbonyl (C=O) groups is 1. The van der Waals surface area contributed by atoms with Crippen LogP contribution >= 0.6 is 0 Å². The summed E-state index contributed by atoms with van der Waals surface area (Å²) in [5, 5.41) is 1.86. The van der Waals surface area contributed by atoms with Crippen molar-refractivity contribution < 1.29 is 4.79 Å². The summed E-state index contributed by atoms with van der Waals surface area (Å²) < 4.78 is 0. The number of ketones is 1. The van der Waals surface area contributed by atoms with Gasteiger partial charge >= 0.3 is 0 Å². The van der Waals surface area contributed by atoms with E-state index in [1.165, 1.54) is 18.6 Å². The average Bonchev–Trinajstić information content (AvgIpc) is 3.35. The van der Waals surface area contributed by atoms with Gasteiger partial charge in [-0.15, -0.1) is 0 Å². The summed E-state index contributed by atoms with van der Waals surface area (Å²) in [5.74, 6) is 7.18. The van der Waals surface area contributed by atoms with Crippen molar-refractivity contribution in [1.82, 2.24) is 5.01 Å². The molecule has 22 heavy (non-hydrogen) atoms. The fourth-order valence-corrected chi connectivity index (χ4v) is 2.95. The number of hydrazine groups is 1. The molecular formula is C18H29N3O. The predicted octanol–water partition coefficient (Wildman–Crippen LogP) is 3.04. The van der Waals surface area contributed by atoms with Crippen molar-refractivity contribution in [1.29, 1.82) is 0 Å². The molecule has 2 rings (SSSR count). The first-order valence-corrected chi connectivity index (χ1v) is 8.41. The van der Waals surface area contributed by atoms with E-state index >= 15 is 0 Å². The second kappa shape index (κ2) is 7.34. The van der Waals surface area contributed by atoms with Crippen LogP contribution in [0.1, 0.15) is 53.4 Å². The van der Waals surface area contributed by atoms with E-state index in [0.29, 0.717) is 12.3 Å². The van der Waals surface area contributed by atoms with Crippen LogP contribution in [-0.4, -0.2) is 34.6 Å². The molecule has 4 heteroatoms. The summed E-state index contributed by atoms with van der Waals surface area (Å²) >= 11 is 0. The summed E-state index contributed by atoms with van der Waals surface area (Å²) in [6, 6.07) is 0.379. The Morgan fingerprint density at radius 1 is 1.45 bits per heavy atom. The van der Waals surface area contributed by atoms with Crippen molar-refractivity contribution in [3.8, 4) is 0 Å². The molecule has 4 nitrogen and oxygen atoms in total. The predicted molar refractivity (Wildman–Crippen MR) is 91.7 cm³/mol. The minimum absolute atomic E-state index is 0.0718. The molecule has 1 fully saturated rings. The third-order valence-corrected chi connectivity index (χ3v) is 4.84. The standard InChI is InChI=1S/C18H29N3O/c1-5-18(15-9-10-15)20-12(2)13(3)21(19)17-8-6-7-16(11-17)14(4)22/h6-8,12-13,15,17H,5,9-11,19H2,1-4H3/t12?,13-,17?/m1/s1. The van der Waals surface area contributed by atoms with E-state index in [-0.39, 0.29) is 23.9 Å². The number of aliphatic imine (C=N–C) groups is 1. The number of nitrogens with two attached hydrogens (primary N) is 1. The number of allylic oxidation sites excluding steroid dienone is 2. The van der Waals surface area contributed by atoms with Crippen LogP contribution in [-0.2, 0) is 4.79 Å². The molecule has 0 heterocycles. The van der Waals surface area contributed by atoms with Gasteiger partial charge in [0.05, 0.1) is 6.04 Å². The van der Waals surface area contributed by atoms with Crippen molar-refractivity contribution in [2.24, 2.45) is 16.8 Å². The maximum absolute atomic E-state index is 11.6. The number of hydrogen-bond acceptors (Lipinski definition) is 4. The molecule has 0 bridgehead atoms. The largest absolute Gasteiger partial charge is 0.295 e. The number of hydrogen-bond donors (Lipinski definition) is 1. The molecule has 0 spiro atoms. The highest BCUT2D eigenvalue weighted by Crippen LogP contribution is 2.32. The topological polar surface area (TPSA) is 58.7 Å². The Balaban J connectivity index is 1.99. The molecule has 2 aliphatic rings. The van der Waals surface area contributed by atoms with Crippen LogP contribution in [0.4, 0.5) is 0 Å². The first-order valence-electron chi connectivity index (χ1n) is 8.41. The second-order valence-electron chi connectivity index (χ2n) is 6.58. The lowest BCUT2D eigenvalue weighted by Crippen LogP contribution is -2.50. The normalized spacial score (nSPS) is 25.1. The van der Waals surface area contributed by atoms with E-state index in [1.807, 2.05) is 17.2 Å². The highest BCUT2D eigenvalue weighted by Gasteiger charge is 2.29. The molecule has 2 aliphatic carbocycles. The van der Waals surface area contributed by atoms with Gasteiger partial charge in [0, 0.05) is 17.8 Å². The van der Waals surface area contributed by atoms with Crippen LogP contribution < -0.4 is 5.84 Å². The fourth-order valence-electron chi connectivity index (χ4n) is 2.95. The van der Waals surface area contributed by atoms with Gasteiger partial charge in [-0.05, 0) is 57.9 Å². The molecule has 0 saturated heterocycles. The van der Waals surface area contributed by atoms with Crippen molar-refractivity contribution in [2.45, 2.75) is 71.5 Å². The molecule has 2 unspecified atom stereocenters. The monoisotopic (exact) mass is 303 g/mol. The summed E-state index contributed by atoms with van der Waals surface area (Å²) in [5.41, 5.74) is 2.19. The molecule has 0 aromatic heterocycles. The van der Waals surface area contributed by atoms with Crippen LogP contribution in [0, 0.1) is 5.92 Å². The van der Waals surface area contributed by atoms with Crippen LogP contribution in [0.25, 0.3) is 0 Å². The van der Waals surface area contributed by atoms with Gasteiger partial charge in [0.25, 0.3) is 0 Å². The van der Waals surface area contributed by atoms with Gasteiger partial charge in [0.15, 0.2) is 5.78 Å². The van der Waals surface area contributed by atoms with Gasteiger partial charge in [-0.25, -0.2) is 5.01 Å². The molecule has 0 radical (unpaired) electrons. The van der Waals surface area contributed by atoms with Crippen molar-refractivity contribution in [3.05, 3.63) is 23.8 Å². The zero-order chi connectivity index (χ0) is 16.3. The molecule has 122 valence electrons. The number of carbonyl (C=O) groups excluding carboxylic acids is 1. The Bertz CT molecular complexity index is 502. The Morgan fingerprint density at radius 2 is 2.14 bits per heavy atom. The molecule has 0 aliphatic heterocycles. The fraction of sp³-hybridized carbons (Fsp3) is 0.667. The zero-order valence-corrected chi connectivity index (χ0v) is 14.2. The summed E-state index contributed by atoms with van der Waals surface area (Å²) in [7, 11) is 0. The number of nitrogens with zero attached hydrogens (tertiary/aromatic N) is 2. The molecule has 0 aromatic rings. The van der Waals surface area contributed by atoms with E-state index in [4.69, 9.17) is 10.8 Å². The van der Waals surface area contributed by atoms with E-state index in [1.54, 1.807) is 6.92 Å². The Hall–Kier alpha value is -1.26. The summed E-state index contributed by atoms with van der Waals surface area (Å²) in [6.45, 7) is 8.05. The van der Waals surface area contributed by atoms with E-state index < -0.39 is 0 Å². The Morgan fingerprint density at radius 3 is 2.68 bits per heavy atom. The van der Waals surface area contributed by atoms with Crippen molar-refractivity contribution >= 4 is 11.5 Å². The minimum Gasteiger partial charge on any atom is -0.295 e. The first kappa shape index (κ1) is 17.1. The Kier molecular flexibility index (Phi) is 5.70. The second-order valence-corrected chi connectivity index (χ2v) is 6.58. The third-order valence-electron chi connectivity index (χ3n) is 4.84. The summed E-state index contributed by atoms with van der Waals surface area (Å²) in [6.07, 6.45) is 10.2. The van der Waals surface area contributed by atoms with E-state index in [2.05, 4.69) is 26.8 Å². The highest BCUT2D eigenvalue weighted by atomic mass is 16.1. The van der Waals surface area contributed by atoms with Crippen LogP contribution in [0.15, 0.2) is 28.8 Å². The highest BCUT2D eigenvalue weighted by molar-refractivity contribution is 5.93. The molecule has 0 amide bonds. The molecule has 3 atom stereocenters. The van der Waals surface area contributed by atoms with E-state index in [9.17, 15) is 4.79 Å². The SMILES string of the molecule is CCC(=NC(C)[C@@H](C)N(N)C1C=CC=C(C(C)=O)C1)C1CC1. The smallest absolute Gasteiger partial charge is 0.155 e. The third kappa shape index (κ3) is 4.14. The van der Waals surface area contributed by atoms with Gasteiger partial charge in [0.1, 0.15) is 0 Å². The van der Waals surface area contributed by atoms with Gasteiger partial charge < -0.3 is 0 Å². The molecule has 1 saturated carbocycles. The van der Waals surface area contributed by atoms with Gasteiger partial charge in [-0.2, -0.15) is 0 Å². The first-order chi connectivity index (χ1) is 10.4. The van der Waals surface area contributed by atoms with Gasteiger partial charge in [-0.1, -0.05) is 25.2 Å². The van der Waals surface area contributed by atoms with Crippen LogP contribution in [0.5, 0.6) is 0 Å². The number of Topliss-reactive ketones (excluding diaryl/α,β-unsaturated/α-hetero) is 1. The van der Waals surface area contributed by atoms with Crippen LogP contribution in [0.3, 0.4) is 0 Å².